The van der Waals surface area contributed by atoms with Crippen molar-refractivity contribution in [3.05, 3.63) is 25.3 Å². The first-order valence-corrected chi connectivity index (χ1v) is 6.68. The van der Waals surface area contributed by atoms with Gasteiger partial charge in [0.15, 0.2) is 0 Å². The number of allylic oxidation sites excluding steroid dienone is 2. The Morgan fingerprint density at radius 1 is 1.16 bits per heavy atom. The van der Waals surface area contributed by atoms with Crippen LogP contribution in [0.4, 0.5) is 0 Å². The maximum Gasteiger partial charge on any atom is 0.306 e. The van der Waals surface area contributed by atoms with E-state index in [-0.39, 0.29) is 30.4 Å². The summed E-state index contributed by atoms with van der Waals surface area (Å²) < 4.78 is 5.15. The third-order valence-electron chi connectivity index (χ3n) is 2.70. The Labute approximate surface area is 115 Å². The Morgan fingerprint density at radius 2 is 1.74 bits per heavy atom. The average molecular weight is 267 g/mol. The van der Waals surface area contributed by atoms with Gasteiger partial charge in [-0.05, 0) is 18.8 Å². The molecule has 0 saturated heterocycles. The Bertz CT molecular complexity index is 311. The molecule has 0 aliphatic carbocycles. The lowest BCUT2D eigenvalue weighted by Gasteiger charge is -2.22. The number of hydrogen-bond acceptors (Lipinski definition) is 3. The smallest absolute Gasteiger partial charge is 0.306 e. The molecule has 1 amide bonds. The average Bonchev–Trinajstić information content (AvgIpc) is 2.38. The fourth-order valence-corrected chi connectivity index (χ4v) is 1.39. The topological polar surface area (TPSA) is 55.4 Å². The third kappa shape index (κ3) is 9.05. The van der Waals surface area contributed by atoms with Crippen molar-refractivity contribution in [3.8, 4) is 0 Å². The number of esters is 1. The first kappa shape index (κ1) is 17.4. The molecule has 0 aromatic heterocycles. The van der Waals surface area contributed by atoms with Gasteiger partial charge in [0.25, 0.3) is 0 Å². The zero-order valence-electron chi connectivity index (χ0n) is 12.0. The van der Waals surface area contributed by atoms with Crippen LogP contribution in [-0.4, -0.2) is 24.5 Å². The third-order valence-corrected chi connectivity index (χ3v) is 2.70. The summed E-state index contributed by atoms with van der Waals surface area (Å²) in [5.41, 5.74) is 0. The molecular weight excluding hydrogens is 242 g/mol. The Balaban J connectivity index is 4.11. The minimum Gasteiger partial charge on any atom is -0.463 e. The summed E-state index contributed by atoms with van der Waals surface area (Å²) in [5.74, 6) is -0.0912. The first-order valence-electron chi connectivity index (χ1n) is 6.68. The van der Waals surface area contributed by atoms with E-state index in [1.54, 1.807) is 12.2 Å². The van der Waals surface area contributed by atoms with E-state index < -0.39 is 0 Å². The highest BCUT2D eigenvalue weighted by atomic mass is 16.5. The lowest BCUT2D eigenvalue weighted by Crippen LogP contribution is -2.42. The quantitative estimate of drug-likeness (QED) is 0.489. The molecule has 0 saturated carbocycles. The molecule has 0 unspecified atom stereocenters. The van der Waals surface area contributed by atoms with Gasteiger partial charge in [-0.2, -0.15) is 0 Å². The Hall–Kier alpha value is -1.58. The Kier molecular flexibility index (Phi) is 9.49. The number of ether oxygens (including phenoxy) is 1. The van der Waals surface area contributed by atoms with Gasteiger partial charge < -0.3 is 10.1 Å². The Morgan fingerprint density at radius 3 is 2.26 bits per heavy atom. The van der Waals surface area contributed by atoms with Crippen LogP contribution in [0.15, 0.2) is 25.3 Å². The van der Waals surface area contributed by atoms with Crippen LogP contribution in [-0.2, 0) is 14.3 Å². The molecule has 0 bridgehead atoms. The van der Waals surface area contributed by atoms with Crippen molar-refractivity contribution in [2.45, 2.75) is 45.6 Å². The van der Waals surface area contributed by atoms with E-state index in [0.29, 0.717) is 25.7 Å². The summed E-state index contributed by atoms with van der Waals surface area (Å²) in [4.78, 5) is 23.0. The minimum absolute atomic E-state index is 0.0410. The van der Waals surface area contributed by atoms with Crippen molar-refractivity contribution in [1.82, 2.24) is 5.32 Å². The fourth-order valence-electron chi connectivity index (χ4n) is 1.39. The molecule has 19 heavy (non-hydrogen) atoms. The number of amides is 1. The van der Waals surface area contributed by atoms with Gasteiger partial charge in [0.05, 0.1) is 6.04 Å². The standard InChI is InChI=1S/C15H25NO3/c1-5-7-9-14(17)16-13(12(3)4)11-19-15(18)10-8-6-2/h5-6,12-13H,1-2,7-11H2,3-4H3,(H,16,17)/t13-/m1/s1. The number of rotatable bonds is 10. The molecule has 1 N–H and O–H groups in total. The molecule has 0 fully saturated rings. The van der Waals surface area contributed by atoms with Crippen LogP contribution in [0.1, 0.15) is 39.5 Å². The van der Waals surface area contributed by atoms with Crippen LogP contribution >= 0.6 is 0 Å². The molecule has 1 atom stereocenters. The van der Waals surface area contributed by atoms with E-state index in [4.69, 9.17) is 4.74 Å². The summed E-state index contributed by atoms with van der Waals surface area (Å²) in [6.45, 7) is 11.3. The van der Waals surface area contributed by atoms with E-state index >= 15 is 0 Å². The fraction of sp³-hybridized carbons (Fsp3) is 0.600. The van der Waals surface area contributed by atoms with Gasteiger partial charge in [-0.1, -0.05) is 26.0 Å². The number of hydrogen-bond donors (Lipinski definition) is 1. The second kappa shape index (κ2) is 10.4. The van der Waals surface area contributed by atoms with Gasteiger partial charge >= 0.3 is 5.97 Å². The van der Waals surface area contributed by atoms with Crippen molar-refractivity contribution in [2.75, 3.05) is 6.61 Å². The van der Waals surface area contributed by atoms with Crippen molar-refractivity contribution in [3.63, 3.8) is 0 Å². The second-order valence-electron chi connectivity index (χ2n) is 4.76. The molecule has 0 rings (SSSR count). The minimum atomic E-state index is -0.258. The van der Waals surface area contributed by atoms with Crippen LogP contribution in [0.2, 0.25) is 0 Å². The summed E-state index contributed by atoms with van der Waals surface area (Å²) in [5, 5.41) is 2.88. The van der Waals surface area contributed by atoms with Gasteiger partial charge in [0.1, 0.15) is 6.61 Å². The molecule has 0 aliphatic heterocycles. The zero-order chi connectivity index (χ0) is 14.7. The largest absolute Gasteiger partial charge is 0.463 e. The van der Waals surface area contributed by atoms with Crippen molar-refractivity contribution in [2.24, 2.45) is 5.92 Å². The monoisotopic (exact) mass is 267 g/mol. The van der Waals surface area contributed by atoms with Gasteiger partial charge in [0.2, 0.25) is 5.91 Å². The molecule has 0 radical (unpaired) electrons. The lowest BCUT2D eigenvalue weighted by atomic mass is 10.1. The number of carbonyl (C=O) groups is 2. The van der Waals surface area contributed by atoms with Crippen LogP contribution in [0.3, 0.4) is 0 Å². The van der Waals surface area contributed by atoms with Crippen molar-refractivity contribution < 1.29 is 14.3 Å². The lowest BCUT2D eigenvalue weighted by molar-refractivity contribution is -0.145. The number of nitrogens with one attached hydrogen (secondary N) is 1. The van der Waals surface area contributed by atoms with Crippen LogP contribution < -0.4 is 5.32 Å². The summed E-state index contributed by atoms with van der Waals surface area (Å²) in [7, 11) is 0. The van der Waals surface area contributed by atoms with Crippen LogP contribution in [0, 0.1) is 5.92 Å². The summed E-state index contributed by atoms with van der Waals surface area (Å²) in [6.07, 6.45) is 5.39. The van der Waals surface area contributed by atoms with Gasteiger partial charge in [0, 0.05) is 12.8 Å². The first-order chi connectivity index (χ1) is 9.01. The van der Waals surface area contributed by atoms with E-state index in [1.807, 2.05) is 13.8 Å². The molecule has 0 spiro atoms. The van der Waals surface area contributed by atoms with Gasteiger partial charge in [-0.25, -0.2) is 0 Å². The van der Waals surface area contributed by atoms with E-state index in [2.05, 4.69) is 18.5 Å². The molecule has 0 aromatic rings. The maximum atomic E-state index is 11.6. The van der Waals surface area contributed by atoms with Crippen molar-refractivity contribution in [1.29, 1.82) is 0 Å². The molecule has 108 valence electrons. The molecule has 0 heterocycles. The maximum absolute atomic E-state index is 11.6. The molecule has 4 heteroatoms. The molecular formula is C15H25NO3. The summed E-state index contributed by atoms with van der Waals surface area (Å²) >= 11 is 0. The predicted octanol–water partition coefficient (Wildman–Crippen LogP) is 2.60. The highest BCUT2D eigenvalue weighted by Gasteiger charge is 2.17. The highest BCUT2D eigenvalue weighted by molar-refractivity contribution is 5.76. The van der Waals surface area contributed by atoms with Gasteiger partial charge in [-0.15, -0.1) is 13.2 Å². The molecule has 0 aliphatic rings. The summed E-state index contributed by atoms with van der Waals surface area (Å²) in [6, 6.07) is -0.148. The molecule has 0 aromatic carbocycles. The van der Waals surface area contributed by atoms with E-state index in [0.717, 1.165) is 0 Å². The number of carbonyl (C=O) groups excluding carboxylic acids is 2. The van der Waals surface area contributed by atoms with Crippen molar-refractivity contribution >= 4 is 11.9 Å². The highest BCUT2D eigenvalue weighted by Crippen LogP contribution is 2.05. The van der Waals surface area contributed by atoms with Crippen LogP contribution in [0.25, 0.3) is 0 Å². The van der Waals surface area contributed by atoms with Gasteiger partial charge in [-0.3, -0.25) is 9.59 Å². The SMILES string of the molecule is C=CCCC(=O)N[C@H](COC(=O)CCC=C)C(C)C. The zero-order valence-corrected chi connectivity index (χ0v) is 12.0. The van der Waals surface area contributed by atoms with E-state index in [9.17, 15) is 9.59 Å². The van der Waals surface area contributed by atoms with E-state index in [1.165, 1.54) is 0 Å². The normalized spacial score (nSPS) is 11.7. The molecule has 4 nitrogen and oxygen atoms in total. The predicted molar refractivity (Wildman–Crippen MR) is 76.6 cm³/mol. The van der Waals surface area contributed by atoms with Crippen LogP contribution in [0.5, 0.6) is 0 Å². The second-order valence-corrected chi connectivity index (χ2v) is 4.76.